The molecule has 19 heteroatoms. The van der Waals surface area contributed by atoms with Gasteiger partial charge in [0.25, 0.3) is 0 Å². The van der Waals surface area contributed by atoms with E-state index in [1.807, 2.05) is 0 Å². The fourth-order valence-electron chi connectivity index (χ4n) is 12.4. The summed E-state index contributed by atoms with van der Waals surface area (Å²) in [6.07, 6.45) is 32.8. The normalized spacial score (nSPS) is 28.3. The highest BCUT2D eigenvalue weighted by atomic mass is 16.8. The van der Waals surface area contributed by atoms with Gasteiger partial charge in [-0.3, -0.25) is 4.79 Å². The van der Waals surface area contributed by atoms with Crippen LogP contribution in [-0.4, -0.2) is 193 Å². The Bertz CT molecular complexity index is 1710. The zero-order chi connectivity index (χ0) is 64.7. The molecule has 3 rings (SSSR count). The van der Waals surface area contributed by atoms with Crippen LogP contribution in [0.3, 0.4) is 0 Å². The van der Waals surface area contributed by atoms with Crippen molar-refractivity contribution < 1.29 is 89.4 Å². The molecule has 1 amide bonds. The van der Waals surface area contributed by atoms with Crippen LogP contribution in [0.5, 0.6) is 0 Å². The van der Waals surface area contributed by atoms with Crippen LogP contribution < -0.4 is 5.32 Å². The first-order chi connectivity index (χ1) is 43.3. The smallest absolute Gasteiger partial charge is 0.220 e. The van der Waals surface area contributed by atoms with E-state index in [2.05, 4.69) is 43.5 Å². The molecule has 17 atom stereocenters. The summed E-state index contributed by atoms with van der Waals surface area (Å²) in [6, 6.07) is -0.894. The van der Waals surface area contributed by atoms with Gasteiger partial charge in [-0.25, -0.2) is 0 Å². The third-order valence-electron chi connectivity index (χ3n) is 18.3. The molecule has 3 fully saturated rings. The molecule has 0 saturated carbocycles. The van der Waals surface area contributed by atoms with Gasteiger partial charge in [0.15, 0.2) is 18.9 Å². The van der Waals surface area contributed by atoms with Gasteiger partial charge in [-0.15, -0.1) is 0 Å². The van der Waals surface area contributed by atoms with Gasteiger partial charge in [0.2, 0.25) is 5.91 Å². The maximum atomic E-state index is 13.4. The Morgan fingerprint density at radius 3 is 1.18 bits per heavy atom. The van der Waals surface area contributed by atoms with Crippen LogP contribution in [-0.2, 0) is 33.2 Å². The Balaban J connectivity index is 1.37. The van der Waals surface area contributed by atoms with E-state index >= 15 is 0 Å². The van der Waals surface area contributed by atoms with E-state index in [1.165, 1.54) is 180 Å². The van der Waals surface area contributed by atoms with Gasteiger partial charge in [0.05, 0.1) is 38.6 Å². The van der Waals surface area contributed by atoms with E-state index in [4.69, 9.17) is 28.4 Å². The van der Waals surface area contributed by atoms with Crippen molar-refractivity contribution in [2.75, 3.05) is 26.4 Å². The second-order valence-electron chi connectivity index (χ2n) is 26.1. The van der Waals surface area contributed by atoms with Gasteiger partial charge < -0.3 is 89.9 Å². The molecule has 89 heavy (non-hydrogen) atoms. The lowest BCUT2D eigenvalue weighted by molar-refractivity contribution is -0.379. The van der Waals surface area contributed by atoms with E-state index in [-0.39, 0.29) is 18.9 Å². The molecule has 0 aliphatic carbocycles. The monoisotopic (exact) mass is 1270 g/mol. The van der Waals surface area contributed by atoms with E-state index in [1.54, 1.807) is 0 Å². The molecule has 0 aromatic carbocycles. The van der Waals surface area contributed by atoms with Crippen molar-refractivity contribution in [1.29, 1.82) is 0 Å². The van der Waals surface area contributed by atoms with Crippen LogP contribution in [0.4, 0.5) is 0 Å². The molecule has 0 aromatic heterocycles. The summed E-state index contributed by atoms with van der Waals surface area (Å²) >= 11 is 0. The highest BCUT2D eigenvalue weighted by Crippen LogP contribution is 2.33. The summed E-state index contributed by atoms with van der Waals surface area (Å²) in [5, 5.41) is 121. The number of hydrogen-bond acceptors (Lipinski definition) is 18. The number of carbonyl (C=O) groups excluding carboxylic acids is 1. The van der Waals surface area contributed by atoms with E-state index in [9.17, 15) is 61.0 Å². The van der Waals surface area contributed by atoms with Crippen LogP contribution >= 0.6 is 0 Å². The molecule has 0 aromatic rings. The first kappa shape index (κ1) is 81.5. The van der Waals surface area contributed by atoms with E-state index < -0.39 is 124 Å². The Morgan fingerprint density at radius 2 is 0.753 bits per heavy atom. The van der Waals surface area contributed by atoms with Crippen molar-refractivity contribution in [3.8, 4) is 0 Å². The third-order valence-corrected chi connectivity index (χ3v) is 18.3. The summed E-state index contributed by atoms with van der Waals surface area (Å²) in [5.41, 5.74) is 0. The Hall–Kier alpha value is -1.73. The van der Waals surface area contributed by atoms with Crippen molar-refractivity contribution in [3.05, 3.63) is 24.3 Å². The second-order valence-corrected chi connectivity index (χ2v) is 26.1. The van der Waals surface area contributed by atoms with Crippen molar-refractivity contribution in [1.82, 2.24) is 5.32 Å². The largest absolute Gasteiger partial charge is 0.394 e. The zero-order valence-electron chi connectivity index (χ0n) is 55.4. The van der Waals surface area contributed by atoms with Gasteiger partial charge in [-0.2, -0.15) is 0 Å². The number of rotatable bonds is 56. The minimum absolute atomic E-state index is 0.252. The molecule has 3 saturated heterocycles. The van der Waals surface area contributed by atoms with Crippen LogP contribution in [0, 0.1) is 0 Å². The summed E-state index contributed by atoms with van der Waals surface area (Å²) < 4.78 is 34.4. The average molecular weight is 1270 g/mol. The van der Waals surface area contributed by atoms with Gasteiger partial charge in [-0.05, 0) is 38.5 Å². The number of aliphatic hydroxyl groups is 11. The van der Waals surface area contributed by atoms with Crippen molar-refractivity contribution in [2.45, 2.75) is 388 Å². The molecule has 0 bridgehead atoms. The third kappa shape index (κ3) is 34.5. The molecule has 524 valence electrons. The second kappa shape index (κ2) is 52.5. The zero-order valence-corrected chi connectivity index (χ0v) is 55.4. The highest BCUT2D eigenvalue weighted by Gasteiger charge is 2.53. The standard InChI is InChI=1S/C70H131NO18/c1-3-5-7-9-11-13-15-17-19-20-21-22-23-24-25-26-27-28-29-30-31-32-33-34-35-37-39-41-43-45-47-54(75)53(71-58(76)48-46-44-42-40-38-36-18-16-14-12-10-8-6-4-2)52-84-68-64(82)61(79)66(56(50-73)86-68)89-70-65(83)62(80)67(57(51-74)87-70)88-69-63(81)60(78)59(77)55(49-72)85-69/h10,12,16,18,53-57,59-70,72-75,77-83H,3-9,11,13-15,17,19-52H2,1-2H3,(H,71,76)/b12-10-,18-16-. The predicted molar refractivity (Wildman–Crippen MR) is 346 cm³/mol. The lowest BCUT2D eigenvalue weighted by Crippen LogP contribution is -2.66. The molecule has 0 radical (unpaired) electrons. The Kier molecular flexibility index (Phi) is 48.1. The maximum absolute atomic E-state index is 13.4. The van der Waals surface area contributed by atoms with E-state index in [0.29, 0.717) is 12.8 Å². The van der Waals surface area contributed by atoms with Gasteiger partial charge in [-0.1, -0.05) is 263 Å². The van der Waals surface area contributed by atoms with Gasteiger partial charge >= 0.3 is 0 Å². The minimum atomic E-state index is -1.97. The van der Waals surface area contributed by atoms with Gasteiger partial charge in [0, 0.05) is 6.42 Å². The summed E-state index contributed by atoms with van der Waals surface area (Å²) in [4.78, 5) is 13.4. The van der Waals surface area contributed by atoms with E-state index in [0.717, 1.165) is 70.6 Å². The molecule has 3 aliphatic rings. The number of hydrogen-bond donors (Lipinski definition) is 12. The number of amides is 1. The maximum Gasteiger partial charge on any atom is 0.220 e. The highest BCUT2D eigenvalue weighted by molar-refractivity contribution is 5.76. The van der Waals surface area contributed by atoms with Crippen LogP contribution in [0.15, 0.2) is 24.3 Å². The molecule has 17 unspecified atom stereocenters. The van der Waals surface area contributed by atoms with Crippen molar-refractivity contribution in [2.24, 2.45) is 0 Å². The number of carbonyl (C=O) groups is 1. The minimum Gasteiger partial charge on any atom is -0.394 e. The lowest BCUT2D eigenvalue weighted by atomic mass is 9.96. The quantitative estimate of drug-likeness (QED) is 0.0199. The number of aliphatic hydroxyl groups excluding tert-OH is 11. The fourth-order valence-corrected chi connectivity index (χ4v) is 12.4. The molecule has 0 spiro atoms. The Morgan fingerprint density at radius 1 is 0.404 bits per heavy atom. The average Bonchev–Trinajstić information content (AvgIpc) is 2.35. The SMILES string of the molecule is CCCC/C=C\C/C=C\CCCCCCCC(=O)NC(COC1OC(CO)C(OC2OC(CO)C(OC3OC(CO)C(O)C(O)C3O)C(O)C2O)C(O)C1O)C(O)CCCCCCCCCCCCCCCCCCCCCCCCCCCCCCCC. The molecular weight excluding hydrogens is 1140 g/mol. The topological polar surface area (TPSA) is 307 Å². The number of nitrogens with one attached hydrogen (secondary N) is 1. The lowest BCUT2D eigenvalue weighted by Gasteiger charge is -2.48. The predicted octanol–water partition coefficient (Wildman–Crippen LogP) is 9.83. The summed E-state index contributed by atoms with van der Waals surface area (Å²) in [6.45, 7) is 1.77. The molecular formula is C70H131NO18. The number of ether oxygens (including phenoxy) is 6. The summed E-state index contributed by atoms with van der Waals surface area (Å²) in [5.74, 6) is -0.254. The number of allylic oxidation sites excluding steroid dienone is 4. The van der Waals surface area contributed by atoms with Crippen molar-refractivity contribution >= 4 is 5.91 Å². The van der Waals surface area contributed by atoms with Crippen LogP contribution in [0.1, 0.15) is 284 Å². The molecule has 3 heterocycles. The number of unbranched alkanes of at least 4 members (excludes halogenated alkanes) is 36. The first-order valence-corrected chi connectivity index (χ1v) is 36.1. The van der Waals surface area contributed by atoms with Crippen molar-refractivity contribution in [3.63, 3.8) is 0 Å². The Labute approximate surface area is 537 Å². The van der Waals surface area contributed by atoms with Crippen LogP contribution in [0.2, 0.25) is 0 Å². The molecule has 19 nitrogen and oxygen atoms in total. The molecule has 12 N–H and O–H groups in total. The summed E-state index contributed by atoms with van der Waals surface area (Å²) in [7, 11) is 0. The van der Waals surface area contributed by atoms with Gasteiger partial charge in [0.1, 0.15) is 73.2 Å². The first-order valence-electron chi connectivity index (χ1n) is 36.1. The molecule has 3 aliphatic heterocycles. The van der Waals surface area contributed by atoms with Crippen LogP contribution in [0.25, 0.3) is 0 Å². The fraction of sp³-hybridized carbons (Fsp3) is 0.929.